The standard InChI is InChI=1S/C20H36N4O3/c1-7-21-18(22-13-19(4,5)24-8-10-26-11-9-24)23-14-20(6,25)17-12-15(2)27-16(17)3/h12,25H,7-11,13-14H2,1-6H3,(H2,21,22,23). The molecule has 0 spiro atoms. The summed E-state index contributed by atoms with van der Waals surface area (Å²) in [6, 6.07) is 1.89. The van der Waals surface area contributed by atoms with E-state index in [1.807, 2.05) is 26.8 Å². The van der Waals surface area contributed by atoms with Crippen molar-refractivity contribution in [2.24, 2.45) is 4.99 Å². The second-order valence-electron chi connectivity index (χ2n) is 8.06. The number of aliphatic hydroxyl groups is 1. The summed E-state index contributed by atoms with van der Waals surface area (Å²) in [5.41, 5.74) is -0.290. The largest absolute Gasteiger partial charge is 0.466 e. The number of furan rings is 1. The Hall–Kier alpha value is -1.57. The maximum absolute atomic E-state index is 10.9. The average molecular weight is 381 g/mol. The molecule has 7 heteroatoms. The van der Waals surface area contributed by atoms with Gasteiger partial charge in [0.15, 0.2) is 5.96 Å². The van der Waals surface area contributed by atoms with Crippen molar-refractivity contribution in [1.82, 2.24) is 15.5 Å². The number of aliphatic imine (C=N–C) groups is 1. The smallest absolute Gasteiger partial charge is 0.191 e. The summed E-state index contributed by atoms with van der Waals surface area (Å²) in [5, 5.41) is 17.4. The third-order valence-electron chi connectivity index (χ3n) is 5.06. The molecule has 27 heavy (non-hydrogen) atoms. The lowest BCUT2D eigenvalue weighted by Crippen LogP contribution is -2.52. The van der Waals surface area contributed by atoms with Gasteiger partial charge < -0.3 is 24.9 Å². The number of hydrogen-bond acceptors (Lipinski definition) is 5. The van der Waals surface area contributed by atoms with Crippen LogP contribution in [0.2, 0.25) is 0 Å². The van der Waals surface area contributed by atoms with E-state index in [-0.39, 0.29) is 5.54 Å². The molecule has 0 radical (unpaired) electrons. The van der Waals surface area contributed by atoms with Crippen LogP contribution in [0.15, 0.2) is 15.5 Å². The number of guanidine groups is 1. The fourth-order valence-electron chi connectivity index (χ4n) is 3.40. The van der Waals surface area contributed by atoms with Crippen LogP contribution in [0, 0.1) is 13.8 Å². The molecule has 1 saturated heterocycles. The number of morpholine rings is 1. The summed E-state index contributed by atoms with van der Waals surface area (Å²) in [4.78, 5) is 7.18. The monoisotopic (exact) mass is 380 g/mol. The van der Waals surface area contributed by atoms with Crippen molar-refractivity contribution in [1.29, 1.82) is 0 Å². The normalized spacial score (nSPS) is 19.0. The summed E-state index contributed by atoms with van der Waals surface area (Å²) in [5.74, 6) is 2.25. The average Bonchev–Trinajstić information content (AvgIpc) is 2.97. The van der Waals surface area contributed by atoms with Gasteiger partial charge >= 0.3 is 0 Å². The molecule has 1 aliphatic rings. The summed E-state index contributed by atoms with van der Waals surface area (Å²) in [6.45, 7) is 17.2. The first-order valence-corrected chi connectivity index (χ1v) is 9.80. The SMILES string of the molecule is CCNC(=NCC(C)(C)N1CCOCC1)NCC(C)(O)c1cc(C)oc1C. The first-order chi connectivity index (χ1) is 12.7. The molecule has 1 unspecified atom stereocenters. The highest BCUT2D eigenvalue weighted by atomic mass is 16.5. The molecular formula is C20H36N4O3. The number of rotatable bonds is 7. The predicted octanol–water partition coefficient (Wildman–Crippen LogP) is 1.77. The minimum absolute atomic E-state index is 0.0487. The van der Waals surface area contributed by atoms with E-state index in [9.17, 15) is 5.11 Å². The highest BCUT2D eigenvalue weighted by Crippen LogP contribution is 2.26. The number of aryl methyl sites for hydroxylation is 2. The lowest BCUT2D eigenvalue weighted by Gasteiger charge is -2.40. The van der Waals surface area contributed by atoms with Gasteiger partial charge in [0.2, 0.25) is 0 Å². The second-order valence-corrected chi connectivity index (χ2v) is 8.06. The predicted molar refractivity (Wildman–Crippen MR) is 108 cm³/mol. The van der Waals surface area contributed by atoms with Gasteiger partial charge in [-0.15, -0.1) is 0 Å². The zero-order chi connectivity index (χ0) is 20.1. The molecule has 154 valence electrons. The Morgan fingerprint density at radius 3 is 2.44 bits per heavy atom. The summed E-state index contributed by atoms with van der Waals surface area (Å²) >= 11 is 0. The number of nitrogens with zero attached hydrogens (tertiary/aromatic N) is 2. The summed E-state index contributed by atoms with van der Waals surface area (Å²) in [6.07, 6.45) is 0. The Morgan fingerprint density at radius 2 is 1.89 bits per heavy atom. The maximum atomic E-state index is 10.9. The zero-order valence-electron chi connectivity index (χ0n) is 17.7. The Balaban J connectivity index is 2.01. The van der Waals surface area contributed by atoms with Gasteiger partial charge in [0, 0.05) is 30.7 Å². The lowest BCUT2D eigenvalue weighted by atomic mass is 9.96. The number of hydrogen-bond donors (Lipinski definition) is 3. The molecule has 7 nitrogen and oxygen atoms in total. The molecule has 2 rings (SSSR count). The second kappa shape index (κ2) is 9.08. The van der Waals surface area contributed by atoms with Crippen LogP contribution in [0.1, 0.15) is 44.8 Å². The van der Waals surface area contributed by atoms with Gasteiger partial charge in [-0.2, -0.15) is 0 Å². The fourth-order valence-corrected chi connectivity index (χ4v) is 3.40. The molecule has 1 atom stereocenters. The molecule has 1 aromatic heterocycles. The molecule has 0 aromatic carbocycles. The quantitative estimate of drug-likeness (QED) is 0.494. The van der Waals surface area contributed by atoms with Crippen LogP contribution < -0.4 is 10.6 Å². The molecule has 0 aliphatic carbocycles. The molecule has 1 aromatic rings. The minimum atomic E-state index is -1.04. The first kappa shape index (κ1) is 21.7. The minimum Gasteiger partial charge on any atom is -0.466 e. The number of nitrogens with one attached hydrogen (secondary N) is 2. The van der Waals surface area contributed by atoms with Gasteiger partial charge in [-0.3, -0.25) is 9.89 Å². The van der Waals surface area contributed by atoms with Crippen molar-refractivity contribution in [3.8, 4) is 0 Å². The topological polar surface area (TPSA) is 82.3 Å². The molecule has 1 fully saturated rings. The molecule has 2 heterocycles. The molecule has 0 bridgehead atoms. The van der Waals surface area contributed by atoms with E-state index >= 15 is 0 Å². The van der Waals surface area contributed by atoms with Crippen molar-refractivity contribution in [2.45, 2.75) is 52.7 Å². The van der Waals surface area contributed by atoms with Crippen LogP contribution in [-0.2, 0) is 10.3 Å². The van der Waals surface area contributed by atoms with E-state index in [4.69, 9.17) is 14.1 Å². The zero-order valence-corrected chi connectivity index (χ0v) is 17.7. The van der Waals surface area contributed by atoms with Crippen molar-refractivity contribution < 1.29 is 14.3 Å². The van der Waals surface area contributed by atoms with Crippen molar-refractivity contribution in [3.63, 3.8) is 0 Å². The van der Waals surface area contributed by atoms with Crippen molar-refractivity contribution >= 4 is 5.96 Å². The van der Waals surface area contributed by atoms with Gasteiger partial charge in [0.1, 0.15) is 17.1 Å². The van der Waals surface area contributed by atoms with E-state index in [2.05, 4.69) is 29.4 Å². The van der Waals surface area contributed by atoms with Crippen molar-refractivity contribution in [3.05, 3.63) is 23.2 Å². The molecular weight excluding hydrogens is 344 g/mol. The van der Waals surface area contributed by atoms with Crippen LogP contribution >= 0.6 is 0 Å². The summed E-state index contributed by atoms with van der Waals surface area (Å²) < 4.78 is 11.0. The van der Waals surface area contributed by atoms with Crippen LogP contribution in [0.4, 0.5) is 0 Å². The molecule has 0 saturated carbocycles. The van der Waals surface area contributed by atoms with Crippen LogP contribution in [0.5, 0.6) is 0 Å². The first-order valence-electron chi connectivity index (χ1n) is 9.80. The lowest BCUT2D eigenvalue weighted by molar-refractivity contribution is -0.00685. The van der Waals surface area contributed by atoms with Gasteiger partial charge in [0.05, 0.1) is 26.3 Å². The van der Waals surface area contributed by atoms with Crippen molar-refractivity contribution in [2.75, 3.05) is 45.9 Å². The van der Waals surface area contributed by atoms with Crippen LogP contribution in [0.3, 0.4) is 0 Å². The van der Waals surface area contributed by atoms with Crippen LogP contribution in [-0.4, -0.2) is 67.4 Å². The van der Waals surface area contributed by atoms with E-state index < -0.39 is 5.60 Å². The summed E-state index contributed by atoms with van der Waals surface area (Å²) in [7, 11) is 0. The highest BCUT2D eigenvalue weighted by Gasteiger charge is 2.29. The highest BCUT2D eigenvalue weighted by molar-refractivity contribution is 5.79. The van der Waals surface area contributed by atoms with E-state index in [1.165, 1.54) is 0 Å². The Labute approximate surface area is 163 Å². The van der Waals surface area contributed by atoms with Gasteiger partial charge in [-0.25, -0.2) is 0 Å². The van der Waals surface area contributed by atoms with E-state index in [1.54, 1.807) is 6.92 Å². The Kier molecular flexibility index (Phi) is 7.31. The van der Waals surface area contributed by atoms with Gasteiger partial charge in [-0.05, 0) is 47.6 Å². The molecule has 0 amide bonds. The Bertz CT molecular complexity index is 631. The molecule has 3 N–H and O–H groups in total. The maximum Gasteiger partial charge on any atom is 0.191 e. The van der Waals surface area contributed by atoms with E-state index in [0.717, 1.165) is 49.9 Å². The third kappa shape index (κ3) is 5.96. The van der Waals surface area contributed by atoms with Crippen LogP contribution in [0.25, 0.3) is 0 Å². The van der Waals surface area contributed by atoms with Gasteiger partial charge in [0.25, 0.3) is 0 Å². The third-order valence-corrected chi connectivity index (χ3v) is 5.06. The number of ether oxygens (including phenoxy) is 1. The fraction of sp³-hybridized carbons (Fsp3) is 0.750. The molecule has 1 aliphatic heterocycles. The Morgan fingerprint density at radius 1 is 1.22 bits per heavy atom. The van der Waals surface area contributed by atoms with Gasteiger partial charge in [-0.1, -0.05) is 0 Å². The van der Waals surface area contributed by atoms with E-state index in [0.29, 0.717) is 19.0 Å².